The van der Waals surface area contributed by atoms with Gasteiger partial charge in [-0.25, -0.2) is 0 Å². The molecule has 0 aliphatic carbocycles. The number of nitrogens with one attached hydrogen (secondary N) is 2. The van der Waals surface area contributed by atoms with Crippen LogP contribution in [0.25, 0.3) is 0 Å². The maximum absolute atomic E-state index is 11.6. The van der Waals surface area contributed by atoms with Crippen LogP contribution < -0.4 is 10.6 Å². The molecule has 0 aromatic rings. The molecule has 1 heterocycles. The molecule has 0 aromatic heterocycles. The molecule has 18 heavy (non-hydrogen) atoms. The van der Waals surface area contributed by atoms with Gasteiger partial charge in [0.15, 0.2) is 0 Å². The fraction of sp³-hybridized carbons (Fsp3) is 0.929. The van der Waals surface area contributed by atoms with Gasteiger partial charge in [-0.05, 0) is 51.1 Å². The van der Waals surface area contributed by atoms with E-state index in [2.05, 4.69) is 24.5 Å². The summed E-state index contributed by atoms with van der Waals surface area (Å²) in [5, 5.41) is 6.33. The topological polar surface area (TPSA) is 50.4 Å². The predicted molar refractivity (Wildman–Crippen MR) is 73.5 cm³/mol. The highest BCUT2D eigenvalue weighted by Crippen LogP contribution is 2.13. The molecule has 2 atom stereocenters. The van der Waals surface area contributed by atoms with Crippen LogP contribution in [0.4, 0.5) is 0 Å². The third kappa shape index (κ3) is 6.36. The third-order valence-electron chi connectivity index (χ3n) is 3.69. The van der Waals surface area contributed by atoms with E-state index in [0.717, 1.165) is 25.4 Å². The summed E-state index contributed by atoms with van der Waals surface area (Å²) in [5.74, 6) is 1.18. The summed E-state index contributed by atoms with van der Waals surface area (Å²) in [5.41, 5.74) is 0. The quantitative estimate of drug-likeness (QED) is 0.680. The highest BCUT2D eigenvalue weighted by Gasteiger charge is 2.13. The zero-order valence-corrected chi connectivity index (χ0v) is 12.0. The van der Waals surface area contributed by atoms with Gasteiger partial charge in [0.25, 0.3) is 0 Å². The monoisotopic (exact) mass is 256 g/mol. The van der Waals surface area contributed by atoms with Crippen molar-refractivity contribution in [1.82, 2.24) is 10.6 Å². The van der Waals surface area contributed by atoms with E-state index in [4.69, 9.17) is 4.74 Å². The van der Waals surface area contributed by atoms with Crippen molar-refractivity contribution in [3.8, 4) is 0 Å². The first kappa shape index (κ1) is 15.4. The first-order chi connectivity index (χ1) is 8.59. The number of hydrogen-bond acceptors (Lipinski definition) is 3. The van der Waals surface area contributed by atoms with E-state index < -0.39 is 0 Å². The molecule has 0 saturated carbocycles. The Bertz CT molecular complexity index is 238. The zero-order chi connectivity index (χ0) is 13.4. The molecule has 2 unspecified atom stereocenters. The van der Waals surface area contributed by atoms with Crippen LogP contribution in [0, 0.1) is 11.8 Å². The zero-order valence-electron chi connectivity index (χ0n) is 12.0. The van der Waals surface area contributed by atoms with Crippen molar-refractivity contribution in [1.29, 1.82) is 0 Å². The van der Waals surface area contributed by atoms with Gasteiger partial charge in [-0.2, -0.15) is 0 Å². The lowest BCUT2D eigenvalue weighted by molar-refractivity contribution is -0.126. The SMILES string of the molecule is CC(C)C(C)NC(=O)COCCC1CCCNC1. The lowest BCUT2D eigenvalue weighted by Crippen LogP contribution is -2.38. The second-order valence-electron chi connectivity index (χ2n) is 5.65. The van der Waals surface area contributed by atoms with Crippen molar-refractivity contribution in [2.45, 2.75) is 46.1 Å². The second-order valence-corrected chi connectivity index (χ2v) is 5.65. The Morgan fingerprint density at radius 2 is 2.22 bits per heavy atom. The highest BCUT2D eigenvalue weighted by atomic mass is 16.5. The van der Waals surface area contributed by atoms with Crippen LogP contribution in [-0.2, 0) is 9.53 Å². The normalized spacial score (nSPS) is 21.9. The van der Waals surface area contributed by atoms with E-state index in [1.165, 1.54) is 12.8 Å². The summed E-state index contributed by atoms with van der Waals surface area (Å²) in [6, 6.07) is 0.212. The van der Waals surface area contributed by atoms with E-state index in [1.807, 2.05) is 6.92 Å². The first-order valence-corrected chi connectivity index (χ1v) is 7.17. The van der Waals surface area contributed by atoms with E-state index >= 15 is 0 Å². The summed E-state index contributed by atoms with van der Waals surface area (Å²) in [4.78, 5) is 11.6. The van der Waals surface area contributed by atoms with Gasteiger partial charge in [0.05, 0.1) is 0 Å². The molecule has 0 spiro atoms. The predicted octanol–water partition coefficient (Wildman–Crippen LogP) is 1.55. The van der Waals surface area contributed by atoms with Crippen LogP contribution in [0.1, 0.15) is 40.0 Å². The molecule has 1 aliphatic rings. The van der Waals surface area contributed by atoms with Gasteiger partial charge in [-0.15, -0.1) is 0 Å². The molecular weight excluding hydrogens is 228 g/mol. The van der Waals surface area contributed by atoms with Crippen LogP contribution in [0.5, 0.6) is 0 Å². The summed E-state index contributed by atoms with van der Waals surface area (Å²) in [6.07, 6.45) is 3.60. The van der Waals surface area contributed by atoms with Crippen molar-refractivity contribution in [3.63, 3.8) is 0 Å². The molecule has 1 amide bonds. The van der Waals surface area contributed by atoms with Gasteiger partial charge in [-0.3, -0.25) is 4.79 Å². The van der Waals surface area contributed by atoms with E-state index in [0.29, 0.717) is 12.5 Å². The van der Waals surface area contributed by atoms with Crippen LogP contribution >= 0.6 is 0 Å². The van der Waals surface area contributed by atoms with Crippen LogP contribution in [0.3, 0.4) is 0 Å². The fourth-order valence-corrected chi connectivity index (χ4v) is 2.05. The summed E-state index contributed by atoms with van der Waals surface area (Å²) in [6.45, 7) is 9.35. The van der Waals surface area contributed by atoms with Crippen molar-refractivity contribution in [2.24, 2.45) is 11.8 Å². The molecule has 0 radical (unpaired) electrons. The fourth-order valence-electron chi connectivity index (χ4n) is 2.05. The molecule has 4 nitrogen and oxygen atoms in total. The molecule has 1 rings (SSSR count). The van der Waals surface area contributed by atoms with Gasteiger partial charge in [-0.1, -0.05) is 13.8 Å². The Hall–Kier alpha value is -0.610. The molecule has 1 aliphatic heterocycles. The molecule has 1 fully saturated rings. The number of hydrogen-bond donors (Lipinski definition) is 2. The summed E-state index contributed by atoms with van der Waals surface area (Å²) in [7, 11) is 0. The van der Waals surface area contributed by atoms with E-state index in [1.54, 1.807) is 0 Å². The number of piperidine rings is 1. The maximum Gasteiger partial charge on any atom is 0.246 e. The maximum atomic E-state index is 11.6. The van der Waals surface area contributed by atoms with Gasteiger partial charge in [0, 0.05) is 12.6 Å². The minimum Gasteiger partial charge on any atom is -0.372 e. The molecule has 0 aromatic carbocycles. The van der Waals surface area contributed by atoms with Crippen molar-refractivity contribution < 1.29 is 9.53 Å². The number of rotatable bonds is 7. The molecule has 0 bridgehead atoms. The minimum atomic E-state index is -0.00188. The van der Waals surface area contributed by atoms with Crippen molar-refractivity contribution in [3.05, 3.63) is 0 Å². The van der Waals surface area contributed by atoms with Gasteiger partial charge in [0.1, 0.15) is 6.61 Å². The Labute approximate surface area is 111 Å². The van der Waals surface area contributed by atoms with Gasteiger partial charge >= 0.3 is 0 Å². The molecule has 2 N–H and O–H groups in total. The summed E-state index contributed by atoms with van der Waals surface area (Å²) >= 11 is 0. The minimum absolute atomic E-state index is 0.00188. The highest BCUT2D eigenvalue weighted by molar-refractivity contribution is 5.77. The lowest BCUT2D eigenvalue weighted by atomic mass is 9.97. The third-order valence-corrected chi connectivity index (χ3v) is 3.69. The number of carbonyl (C=O) groups is 1. The van der Waals surface area contributed by atoms with Gasteiger partial charge < -0.3 is 15.4 Å². The van der Waals surface area contributed by atoms with Crippen molar-refractivity contribution >= 4 is 5.91 Å². The standard InChI is InChI=1S/C14H28N2O2/c1-11(2)12(3)16-14(17)10-18-8-6-13-5-4-7-15-9-13/h11-13,15H,4-10H2,1-3H3,(H,16,17). The average molecular weight is 256 g/mol. The van der Waals surface area contributed by atoms with E-state index in [-0.39, 0.29) is 18.6 Å². The number of ether oxygens (including phenoxy) is 1. The average Bonchev–Trinajstić information content (AvgIpc) is 2.35. The van der Waals surface area contributed by atoms with Crippen LogP contribution in [-0.4, -0.2) is 38.3 Å². The smallest absolute Gasteiger partial charge is 0.246 e. The van der Waals surface area contributed by atoms with Gasteiger partial charge in [0.2, 0.25) is 5.91 Å². The number of carbonyl (C=O) groups excluding carboxylic acids is 1. The van der Waals surface area contributed by atoms with Crippen LogP contribution in [0.15, 0.2) is 0 Å². The van der Waals surface area contributed by atoms with Crippen LogP contribution in [0.2, 0.25) is 0 Å². The summed E-state index contributed by atoms with van der Waals surface area (Å²) < 4.78 is 5.44. The second kappa shape index (κ2) is 8.48. The number of amides is 1. The Morgan fingerprint density at radius 1 is 1.44 bits per heavy atom. The first-order valence-electron chi connectivity index (χ1n) is 7.17. The molecular formula is C14H28N2O2. The lowest BCUT2D eigenvalue weighted by Gasteiger charge is -2.22. The van der Waals surface area contributed by atoms with Crippen molar-refractivity contribution in [2.75, 3.05) is 26.3 Å². The Kier molecular flexibility index (Phi) is 7.28. The largest absolute Gasteiger partial charge is 0.372 e. The molecule has 1 saturated heterocycles. The Morgan fingerprint density at radius 3 is 2.83 bits per heavy atom. The molecule has 4 heteroatoms. The van der Waals surface area contributed by atoms with E-state index in [9.17, 15) is 4.79 Å². The Balaban J connectivity index is 2.01. The molecule has 106 valence electrons.